The van der Waals surface area contributed by atoms with E-state index in [1.165, 1.54) is 0 Å². The molecule has 0 fully saturated rings. The molecule has 0 atom stereocenters. The summed E-state index contributed by atoms with van der Waals surface area (Å²) in [5.74, 6) is 0. The van der Waals surface area contributed by atoms with Gasteiger partial charge in [0.1, 0.15) is 0 Å². The average Bonchev–Trinajstić information content (AvgIpc) is 2.03. The minimum absolute atomic E-state index is 0. The molecule has 0 unspecified atom stereocenters. The van der Waals surface area contributed by atoms with Gasteiger partial charge in [-0.2, -0.15) is 12.5 Å². The van der Waals surface area contributed by atoms with Crippen LogP contribution in [0.1, 0.15) is 0 Å². The Kier molecular flexibility index (Phi) is 1290. The van der Waals surface area contributed by atoms with Crippen molar-refractivity contribution >= 4 is 35.1 Å². The first-order valence-corrected chi connectivity index (χ1v) is 5.87. The van der Waals surface area contributed by atoms with Crippen molar-refractivity contribution in [1.82, 2.24) is 0 Å². The van der Waals surface area contributed by atoms with Crippen LogP contribution in [0.3, 0.4) is 0 Å². The van der Waals surface area contributed by atoms with E-state index in [0.717, 1.165) is 0 Å². The molecule has 4 heteroatoms. The molecule has 0 amide bonds. The third kappa shape index (κ3) is 231. The van der Waals surface area contributed by atoms with Crippen LogP contribution in [0.5, 0.6) is 0 Å². The molecule has 0 aromatic rings. The predicted molar refractivity (Wildman–Crippen MR) is 53.6 cm³/mol. The van der Waals surface area contributed by atoms with E-state index in [0.29, 0.717) is 0 Å². The van der Waals surface area contributed by atoms with Crippen molar-refractivity contribution in [2.24, 2.45) is 0 Å². The van der Waals surface area contributed by atoms with Gasteiger partial charge in [0.25, 0.3) is 0 Å². The summed E-state index contributed by atoms with van der Waals surface area (Å²) in [5.41, 5.74) is 0. The van der Waals surface area contributed by atoms with Gasteiger partial charge in [0, 0.05) is 0 Å². The Bertz CT molecular complexity index is 15.7. The Balaban J connectivity index is -0.00000000500. The molecule has 0 spiro atoms. The number of rotatable bonds is 0. The van der Waals surface area contributed by atoms with Crippen LogP contribution < -0.4 is 0 Å². The third-order valence-electron chi connectivity index (χ3n) is 0. The number of hydrogen-bond acceptors (Lipinski definition) is 2. The smallest absolute Gasteiger partial charge is 0.358 e. The second kappa shape index (κ2) is 316. The summed E-state index contributed by atoms with van der Waals surface area (Å²) < 4.78 is 0. The second-order valence-corrected chi connectivity index (χ2v) is 0. The summed E-state index contributed by atoms with van der Waals surface area (Å²) in [7, 11) is 0. The number of hydrogen-bond donors (Lipinski definition) is 0. The fourth-order valence-corrected chi connectivity index (χ4v) is 0. The normalized spacial score (nSPS) is 2.00. The van der Waals surface area contributed by atoms with E-state index in [-0.39, 0.29) is 14.9 Å². The van der Waals surface area contributed by atoms with Gasteiger partial charge in [-0.25, -0.2) is 0 Å². The van der Waals surface area contributed by atoms with Gasteiger partial charge in [-0.1, -0.05) is 0 Å². The molecule has 0 aliphatic carbocycles. The largest absolute Gasteiger partial charge is 0.358 e. The van der Waals surface area contributed by atoms with Crippen LogP contribution in [0.25, 0.3) is 0 Å². The van der Waals surface area contributed by atoms with Gasteiger partial charge in [-0.15, -0.1) is 0 Å². The Morgan fingerprint density at radius 3 is 0.700 bits per heavy atom. The third-order valence-corrected chi connectivity index (χ3v) is 0. The fraction of sp³-hybridized carbons (Fsp3) is 0.333. The first-order chi connectivity index (χ1) is 4.00. The minimum atomic E-state index is 0. The van der Waals surface area contributed by atoms with Gasteiger partial charge in [0.15, 0.2) is 0 Å². The van der Waals surface area contributed by atoms with Crippen LogP contribution in [0.15, 0.2) is 0 Å². The molecule has 0 aliphatic rings. The molecule has 0 aromatic heterocycles. The van der Waals surface area contributed by atoms with Crippen LogP contribution in [0.4, 0.5) is 0 Å². The molecule has 0 saturated carbocycles. The standard InChI is InChI=1S/2CH4S.2CH3.2CH2.2Mo/c2*1-2;;;;;;/h2*2H,1H3;2*1H3;2*1H2;;/q;;2*-1;;;;/p-2. The van der Waals surface area contributed by atoms with Crippen LogP contribution in [-0.4, -0.2) is 22.3 Å². The zero-order valence-corrected chi connectivity index (χ0v) is 12.7. The maximum Gasteiger partial charge on any atom is -0.358 e. The maximum atomic E-state index is 4.08. The van der Waals surface area contributed by atoms with Gasteiger partial charge in [0.05, 0.1) is 0 Å². The van der Waals surface area contributed by atoms with Crippen molar-refractivity contribution < 1.29 is 38.7 Å². The van der Waals surface area contributed by atoms with Gasteiger partial charge in [0.2, 0.25) is 0 Å². The zero-order valence-electron chi connectivity index (χ0n) is 7.05. The molecule has 0 rings (SSSR count). The molecule has 0 nitrogen and oxygen atoms in total. The molecule has 10 heavy (non-hydrogen) atoms. The summed E-state index contributed by atoms with van der Waals surface area (Å²) in [5, 5.41) is 0. The van der Waals surface area contributed by atoms with E-state index in [9.17, 15) is 0 Å². The molecule has 0 N–H and O–H groups in total. The van der Waals surface area contributed by atoms with Crippen molar-refractivity contribution in [3.8, 4) is 0 Å². The van der Waals surface area contributed by atoms with Crippen LogP contribution >= 0.6 is 0 Å². The molecule has 0 aliphatic heterocycles. The molecule has 0 aromatic carbocycles. The van der Waals surface area contributed by atoms with Gasteiger partial charge >= 0.3 is 48.5 Å². The Labute approximate surface area is 100 Å². The van der Waals surface area contributed by atoms with Crippen LogP contribution in [0, 0.1) is 14.9 Å². The average molecular weight is 344 g/mol. The first kappa shape index (κ1) is 40.9. The second-order valence-electron chi connectivity index (χ2n) is 0. The Morgan fingerprint density at radius 1 is 0.700 bits per heavy atom. The summed E-state index contributed by atoms with van der Waals surface area (Å²) in [6.07, 6.45) is 3.17. The van der Waals surface area contributed by atoms with E-state index in [1.54, 1.807) is 51.2 Å². The summed E-state index contributed by atoms with van der Waals surface area (Å²) in [4.78, 5) is 6.52. The van der Waals surface area contributed by atoms with Gasteiger partial charge in [-0.05, 0) is 0 Å². The minimum Gasteiger partial charge on any atom is -0.358 e. The van der Waals surface area contributed by atoms with Gasteiger partial charge in [-0.3, -0.25) is 0 Å². The van der Waals surface area contributed by atoms with E-state index >= 15 is 0 Å². The Morgan fingerprint density at radius 2 is 0.700 bits per heavy atom. The van der Waals surface area contributed by atoms with Crippen LogP contribution in [-0.2, 0) is 64.0 Å². The SMILES string of the molecule is C[S-].C[S-].[CH2]=[Mo].[CH2]=[Mo].[CH3-].[CH3-]. The molecule has 68 valence electrons. The van der Waals surface area contributed by atoms with E-state index in [4.69, 9.17) is 0 Å². The Hall–Kier alpha value is 1.82. The van der Waals surface area contributed by atoms with Gasteiger partial charge < -0.3 is 40.1 Å². The van der Waals surface area contributed by atoms with E-state index in [2.05, 4.69) is 35.1 Å². The molecule has 0 bridgehead atoms. The quantitative estimate of drug-likeness (QED) is 0.368. The summed E-state index contributed by atoms with van der Waals surface area (Å²) in [6.45, 7) is 0. The zero-order chi connectivity index (χ0) is 8.00. The van der Waals surface area contributed by atoms with Crippen molar-refractivity contribution in [1.29, 1.82) is 0 Å². The first-order valence-electron chi connectivity index (χ1n) is 1.39. The summed E-state index contributed by atoms with van der Waals surface area (Å²) in [6, 6.07) is 0. The van der Waals surface area contributed by atoms with E-state index < -0.39 is 0 Å². The van der Waals surface area contributed by atoms with E-state index in [1.807, 2.05) is 0 Å². The van der Waals surface area contributed by atoms with Crippen molar-refractivity contribution in [2.75, 3.05) is 12.5 Å². The van der Waals surface area contributed by atoms with Crippen molar-refractivity contribution in [3.63, 3.8) is 0 Å². The van der Waals surface area contributed by atoms with Crippen LogP contribution in [0.2, 0.25) is 0 Å². The molecule has 0 radical (unpaired) electrons. The molecule has 0 saturated heterocycles. The topological polar surface area (TPSA) is 0 Å². The van der Waals surface area contributed by atoms with Crippen molar-refractivity contribution in [2.45, 2.75) is 0 Å². The molecular formula is C6H16Mo2S2-4. The monoisotopic (exact) mass is 348 g/mol. The molecular weight excluding hydrogens is 328 g/mol. The fourth-order valence-electron chi connectivity index (χ4n) is 0. The maximum absolute atomic E-state index is 4.08. The van der Waals surface area contributed by atoms with Crippen molar-refractivity contribution in [3.05, 3.63) is 14.9 Å². The predicted octanol–water partition coefficient (Wildman–Crippen LogP) is 1.16. The summed E-state index contributed by atoms with van der Waals surface area (Å²) >= 11 is 11.6. The molecule has 0 heterocycles.